The predicted molar refractivity (Wildman–Crippen MR) is 63.6 cm³/mol. The quantitative estimate of drug-likeness (QED) is 0.335. The molecular weight excluding hydrogens is 248 g/mol. The summed E-state index contributed by atoms with van der Waals surface area (Å²) < 4.78 is 6.37. The number of halogens is 1. The van der Waals surface area contributed by atoms with Crippen LogP contribution in [0.5, 0.6) is 0 Å². The molecule has 0 radical (unpaired) electrons. The van der Waals surface area contributed by atoms with Crippen molar-refractivity contribution in [3.05, 3.63) is 38.3 Å². The van der Waals surface area contributed by atoms with Crippen molar-refractivity contribution in [2.45, 2.75) is 13.5 Å². The minimum Gasteiger partial charge on any atom is -0.378 e. The zero-order valence-electron chi connectivity index (χ0n) is 9.39. The number of aromatic nitrogens is 1. The third-order valence-electron chi connectivity index (χ3n) is 2.20. The molecule has 17 heavy (non-hydrogen) atoms. The summed E-state index contributed by atoms with van der Waals surface area (Å²) in [5, 5.41) is 10.7. The van der Waals surface area contributed by atoms with E-state index in [1.54, 1.807) is 0 Å². The fourth-order valence-electron chi connectivity index (χ4n) is 1.34. The van der Waals surface area contributed by atoms with E-state index in [2.05, 4.69) is 0 Å². The summed E-state index contributed by atoms with van der Waals surface area (Å²) >= 11 is 5.42. The molecule has 0 aliphatic rings. The van der Waals surface area contributed by atoms with Gasteiger partial charge in [0.25, 0.3) is 11.2 Å². The normalized spacial score (nSPS) is 10.5. The second kappa shape index (κ2) is 6.36. The van der Waals surface area contributed by atoms with Crippen molar-refractivity contribution < 1.29 is 9.66 Å². The number of rotatable bonds is 6. The Hall–Kier alpha value is -1.40. The van der Waals surface area contributed by atoms with Gasteiger partial charge in [0.15, 0.2) is 0 Å². The van der Waals surface area contributed by atoms with Crippen LogP contribution >= 0.6 is 11.6 Å². The summed E-state index contributed by atoms with van der Waals surface area (Å²) in [6, 6.07) is 1.25. The van der Waals surface area contributed by atoms with Gasteiger partial charge in [-0.15, -0.1) is 11.6 Å². The van der Waals surface area contributed by atoms with E-state index in [0.29, 0.717) is 24.7 Å². The fourth-order valence-corrected chi connectivity index (χ4v) is 1.45. The molecule has 0 fully saturated rings. The van der Waals surface area contributed by atoms with Gasteiger partial charge in [-0.2, -0.15) is 0 Å². The van der Waals surface area contributed by atoms with E-state index in [1.165, 1.54) is 23.8 Å². The first-order chi connectivity index (χ1) is 8.06. The molecule has 0 saturated heterocycles. The van der Waals surface area contributed by atoms with Crippen LogP contribution in [-0.4, -0.2) is 28.6 Å². The van der Waals surface area contributed by atoms with Gasteiger partial charge in [-0.3, -0.25) is 14.9 Å². The fraction of sp³-hybridized carbons (Fsp3) is 0.500. The van der Waals surface area contributed by atoms with Gasteiger partial charge in [0.2, 0.25) is 0 Å². The Morgan fingerprint density at radius 2 is 2.24 bits per heavy atom. The van der Waals surface area contributed by atoms with Gasteiger partial charge >= 0.3 is 0 Å². The zero-order chi connectivity index (χ0) is 12.8. The highest BCUT2D eigenvalue weighted by Crippen LogP contribution is 2.13. The Labute approximate surface area is 103 Å². The topological polar surface area (TPSA) is 74.4 Å². The molecule has 0 spiro atoms. The van der Waals surface area contributed by atoms with E-state index in [0.717, 1.165) is 0 Å². The van der Waals surface area contributed by atoms with Crippen LogP contribution in [-0.2, 0) is 11.3 Å². The molecule has 0 aromatic carbocycles. The zero-order valence-corrected chi connectivity index (χ0v) is 10.1. The number of hydrogen-bond donors (Lipinski definition) is 0. The van der Waals surface area contributed by atoms with E-state index < -0.39 is 4.92 Å². The van der Waals surface area contributed by atoms with Crippen LogP contribution in [0, 0.1) is 17.0 Å². The molecule has 94 valence electrons. The van der Waals surface area contributed by atoms with E-state index in [-0.39, 0.29) is 17.8 Å². The Morgan fingerprint density at radius 1 is 1.53 bits per heavy atom. The highest BCUT2D eigenvalue weighted by atomic mass is 35.5. The van der Waals surface area contributed by atoms with Gasteiger partial charge in [-0.25, -0.2) is 0 Å². The largest absolute Gasteiger partial charge is 0.378 e. The first-order valence-corrected chi connectivity index (χ1v) is 5.59. The SMILES string of the molecule is Cc1cc(=O)n(CCOCCCl)cc1[N+](=O)[O-]. The summed E-state index contributed by atoms with van der Waals surface area (Å²) in [7, 11) is 0. The van der Waals surface area contributed by atoms with Crippen LogP contribution in [0.15, 0.2) is 17.1 Å². The van der Waals surface area contributed by atoms with Gasteiger partial charge in [0, 0.05) is 24.1 Å². The van der Waals surface area contributed by atoms with E-state index in [9.17, 15) is 14.9 Å². The van der Waals surface area contributed by atoms with Crippen molar-refractivity contribution in [1.82, 2.24) is 4.57 Å². The van der Waals surface area contributed by atoms with Crippen molar-refractivity contribution in [2.75, 3.05) is 19.1 Å². The summed E-state index contributed by atoms with van der Waals surface area (Å²) in [5.74, 6) is 0.378. The van der Waals surface area contributed by atoms with Gasteiger partial charge in [0.05, 0.1) is 24.3 Å². The molecule has 6 nitrogen and oxygen atoms in total. The molecule has 0 unspecified atom stereocenters. The Kier molecular flexibility index (Phi) is 5.11. The second-order valence-electron chi connectivity index (χ2n) is 3.43. The molecule has 0 saturated carbocycles. The maximum Gasteiger partial charge on any atom is 0.288 e. The lowest BCUT2D eigenvalue weighted by molar-refractivity contribution is -0.385. The van der Waals surface area contributed by atoms with Crippen molar-refractivity contribution in [1.29, 1.82) is 0 Å². The standard InChI is InChI=1S/C10H13ClN2O4/c1-8-6-10(14)12(3-5-17-4-2-11)7-9(8)13(15)16/h6-7H,2-5H2,1H3. The number of ether oxygens (including phenoxy) is 1. The molecule has 7 heteroatoms. The summed E-state index contributed by atoms with van der Waals surface area (Å²) in [6.45, 7) is 2.50. The predicted octanol–water partition coefficient (Wildman–Crippen LogP) is 1.32. The molecule has 0 bridgehead atoms. The molecule has 0 N–H and O–H groups in total. The van der Waals surface area contributed by atoms with E-state index in [4.69, 9.17) is 16.3 Å². The van der Waals surface area contributed by atoms with E-state index in [1.807, 2.05) is 0 Å². The van der Waals surface area contributed by atoms with Crippen LogP contribution in [0.1, 0.15) is 5.56 Å². The first-order valence-electron chi connectivity index (χ1n) is 5.05. The Morgan fingerprint density at radius 3 is 2.82 bits per heavy atom. The number of nitrogens with zero attached hydrogens (tertiary/aromatic N) is 2. The first kappa shape index (κ1) is 13.7. The molecule has 1 aromatic rings. The number of nitro groups is 1. The Balaban J connectivity index is 2.81. The van der Waals surface area contributed by atoms with E-state index >= 15 is 0 Å². The maximum absolute atomic E-state index is 11.5. The monoisotopic (exact) mass is 260 g/mol. The number of alkyl halides is 1. The number of pyridine rings is 1. The lowest BCUT2D eigenvalue weighted by Crippen LogP contribution is -2.22. The summed E-state index contributed by atoms with van der Waals surface area (Å²) in [5.41, 5.74) is 0.0162. The molecule has 1 heterocycles. The number of hydrogen-bond acceptors (Lipinski definition) is 4. The molecule has 1 aromatic heterocycles. The van der Waals surface area contributed by atoms with Crippen molar-refractivity contribution in [2.24, 2.45) is 0 Å². The van der Waals surface area contributed by atoms with Crippen LogP contribution in [0.2, 0.25) is 0 Å². The lowest BCUT2D eigenvalue weighted by Gasteiger charge is -2.06. The lowest BCUT2D eigenvalue weighted by atomic mass is 10.2. The van der Waals surface area contributed by atoms with Crippen LogP contribution in [0.25, 0.3) is 0 Å². The van der Waals surface area contributed by atoms with Gasteiger partial charge in [-0.05, 0) is 6.92 Å². The maximum atomic E-state index is 11.5. The number of aryl methyl sites for hydroxylation is 1. The molecule has 0 atom stereocenters. The van der Waals surface area contributed by atoms with Crippen molar-refractivity contribution in [3.63, 3.8) is 0 Å². The molecule has 1 rings (SSSR count). The Bertz CT molecular complexity index is 458. The summed E-state index contributed by atoms with van der Waals surface area (Å²) in [4.78, 5) is 21.7. The van der Waals surface area contributed by atoms with Gasteiger partial charge in [0.1, 0.15) is 0 Å². The van der Waals surface area contributed by atoms with Crippen molar-refractivity contribution >= 4 is 17.3 Å². The smallest absolute Gasteiger partial charge is 0.288 e. The minimum atomic E-state index is -0.509. The third-order valence-corrected chi connectivity index (χ3v) is 2.35. The average Bonchev–Trinajstić information content (AvgIpc) is 2.26. The van der Waals surface area contributed by atoms with Crippen LogP contribution in [0.3, 0.4) is 0 Å². The van der Waals surface area contributed by atoms with Gasteiger partial charge < -0.3 is 9.30 Å². The molecule has 0 aliphatic heterocycles. The third kappa shape index (κ3) is 3.83. The average molecular weight is 261 g/mol. The van der Waals surface area contributed by atoms with Crippen LogP contribution < -0.4 is 5.56 Å². The summed E-state index contributed by atoms with van der Waals surface area (Å²) in [6.07, 6.45) is 1.24. The second-order valence-corrected chi connectivity index (χ2v) is 3.81. The van der Waals surface area contributed by atoms with Crippen LogP contribution in [0.4, 0.5) is 5.69 Å². The highest BCUT2D eigenvalue weighted by molar-refractivity contribution is 6.17. The molecule has 0 aliphatic carbocycles. The molecular formula is C10H13ClN2O4. The minimum absolute atomic E-state index is 0.0676. The van der Waals surface area contributed by atoms with Gasteiger partial charge in [-0.1, -0.05) is 0 Å². The highest BCUT2D eigenvalue weighted by Gasteiger charge is 2.12. The molecule has 0 amide bonds. The van der Waals surface area contributed by atoms with Crippen molar-refractivity contribution in [3.8, 4) is 0 Å².